The molecule has 0 radical (unpaired) electrons. The van der Waals surface area contributed by atoms with E-state index in [1.165, 1.54) is 36.4 Å². The molecule has 0 spiro atoms. The largest absolute Gasteiger partial charge is 0.478 e. The molecule has 8 heteroatoms. The highest BCUT2D eigenvalue weighted by Crippen LogP contribution is 2.34. The normalized spacial score (nSPS) is 15.8. The molecular weight excluding hydrogens is 381 g/mol. The fourth-order valence-corrected chi connectivity index (χ4v) is 3.45. The van der Waals surface area contributed by atoms with E-state index in [1.54, 1.807) is 12.1 Å². The number of imide groups is 1. The molecule has 2 aromatic carbocycles. The lowest BCUT2D eigenvalue weighted by molar-refractivity contribution is -0.123. The molecule has 0 aliphatic carbocycles. The van der Waals surface area contributed by atoms with Crippen molar-refractivity contribution in [3.8, 4) is 0 Å². The first kappa shape index (κ1) is 18.2. The van der Waals surface area contributed by atoms with Crippen molar-refractivity contribution < 1.29 is 23.9 Å². The van der Waals surface area contributed by atoms with Gasteiger partial charge in [0, 0.05) is 10.6 Å². The monoisotopic (exact) mass is 391 g/mol. The van der Waals surface area contributed by atoms with E-state index in [1.807, 2.05) is 0 Å². The number of carbonyl (C=O) groups is 3. The molecule has 132 valence electrons. The second kappa shape index (κ2) is 7.31. The molecular formula is C18H11ClFNO4S. The molecule has 2 amide bonds. The predicted octanol–water partition coefficient (Wildman–Crippen LogP) is 4.41. The van der Waals surface area contributed by atoms with Crippen LogP contribution >= 0.6 is 23.4 Å². The number of amides is 2. The molecule has 1 aliphatic rings. The maximum absolute atomic E-state index is 13.9. The van der Waals surface area contributed by atoms with Crippen LogP contribution in [0.5, 0.6) is 0 Å². The summed E-state index contributed by atoms with van der Waals surface area (Å²) in [5.41, 5.74) is 0.598. The van der Waals surface area contributed by atoms with Gasteiger partial charge < -0.3 is 5.11 Å². The Morgan fingerprint density at radius 2 is 1.96 bits per heavy atom. The van der Waals surface area contributed by atoms with Crippen LogP contribution in [0.25, 0.3) is 6.08 Å². The molecule has 1 fully saturated rings. The van der Waals surface area contributed by atoms with Crippen LogP contribution in [0.3, 0.4) is 0 Å². The Bertz CT molecular complexity index is 940. The highest BCUT2D eigenvalue weighted by atomic mass is 35.5. The van der Waals surface area contributed by atoms with Gasteiger partial charge in [0.25, 0.3) is 11.1 Å². The molecule has 0 unspecified atom stereocenters. The van der Waals surface area contributed by atoms with Gasteiger partial charge in [0.1, 0.15) is 5.82 Å². The summed E-state index contributed by atoms with van der Waals surface area (Å²) in [6.45, 7) is -0.275. The molecule has 0 bridgehead atoms. The number of carboxylic acid groups (broad SMARTS) is 1. The Labute approximate surface area is 157 Å². The standard InChI is InChI=1S/C18H11ClFNO4S/c19-13-5-2-6-14(20)12(13)9-21-16(22)15(26-18(21)25)8-10-3-1-4-11(7-10)17(23)24/h1-8H,9H2,(H,23,24)/b15-8-. The Morgan fingerprint density at radius 1 is 1.23 bits per heavy atom. The summed E-state index contributed by atoms with van der Waals surface area (Å²) in [7, 11) is 0. The topological polar surface area (TPSA) is 74.7 Å². The fourth-order valence-electron chi connectivity index (χ4n) is 2.39. The number of aromatic carboxylic acids is 1. The Kier molecular flexibility index (Phi) is 5.11. The molecule has 26 heavy (non-hydrogen) atoms. The SMILES string of the molecule is O=C(O)c1cccc(/C=C2\SC(=O)N(Cc3c(F)cccc3Cl)C2=O)c1. The number of carboxylic acids is 1. The van der Waals surface area contributed by atoms with Crippen LogP contribution in [-0.4, -0.2) is 27.1 Å². The van der Waals surface area contributed by atoms with Crippen molar-refractivity contribution in [3.05, 3.63) is 74.9 Å². The average Bonchev–Trinajstić information content (AvgIpc) is 2.85. The Hall–Kier alpha value is -2.64. The van der Waals surface area contributed by atoms with Crippen LogP contribution < -0.4 is 0 Å². The summed E-state index contributed by atoms with van der Waals surface area (Å²) in [4.78, 5) is 36.7. The molecule has 1 N–H and O–H groups in total. The van der Waals surface area contributed by atoms with Crippen molar-refractivity contribution in [2.45, 2.75) is 6.54 Å². The molecule has 1 heterocycles. The first-order chi connectivity index (χ1) is 12.4. The third-order valence-corrected chi connectivity index (χ3v) is 4.94. The van der Waals surface area contributed by atoms with Gasteiger partial charge in [-0.05, 0) is 47.7 Å². The van der Waals surface area contributed by atoms with Crippen molar-refractivity contribution in [2.75, 3.05) is 0 Å². The van der Waals surface area contributed by atoms with Crippen LogP contribution in [0, 0.1) is 5.82 Å². The number of nitrogens with zero attached hydrogens (tertiary/aromatic N) is 1. The number of rotatable bonds is 4. The highest BCUT2D eigenvalue weighted by molar-refractivity contribution is 8.18. The van der Waals surface area contributed by atoms with E-state index in [2.05, 4.69) is 0 Å². The minimum Gasteiger partial charge on any atom is -0.478 e. The van der Waals surface area contributed by atoms with E-state index >= 15 is 0 Å². The van der Waals surface area contributed by atoms with Crippen molar-refractivity contribution in [1.29, 1.82) is 0 Å². The van der Waals surface area contributed by atoms with Gasteiger partial charge >= 0.3 is 5.97 Å². The zero-order valence-electron chi connectivity index (χ0n) is 13.1. The predicted molar refractivity (Wildman–Crippen MR) is 96.3 cm³/mol. The molecule has 0 atom stereocenters. The van der Waals surface area contributed by atoms with Gasteiger partial charge in [0.15, 0.2) is 0 Å². The summed E-state index contributed by atoms with van der Waals surface area (Å²) in [5, 5.41) is 8.60. The van der Waals surface area contributed by atoms with E-state index in [0.717, 1.165) is 4.90 Å². The zero-order chi connectivity index (χ0) is 18.8. The van der Waals surface area contributed by atoms with E-state index < -0.39 is 22.9 Å². The van der Waals surface area contributed by atoms with Gasteiger partial charge in [-0.15, -0.1) is 0 Å². The first-order valence-corrected chi connectivity index (χ1v) is 8.58. The highest BCUT2D eigenvalue weighted by Gasteiger charge is 2.35. The second-order valence-electron chi connectivity index (χ2n) is 5.40. The van der Waals surface area contributed by atoms with Gasteiger partial charge in [-0.1, -0.05) is 29.8 Å². The molecule has 1 aliphatic heterocycles. The number of halogens is 2. The molecule has 5 nitrogen and oxygen atoms in total. The maximum Gasteiger partial charge on any atom is 0.335 e. The van der Waals surface area contributed by atoms with E-state index in [-0.39, 0.29) is 27.6 Å². The van der Waals surface area contributed by atoms with Gasteiger partial charge in [0.2, 0.25) is 0 Å². The third kappa shape index (κ3) is 3.63. The summed E-state index contributed by atoms with van der Waals surface area (Å²) >= 11 is 6.66. The number of thioether (sulfide) groups is 1. The first-order valence-electron chi connectivity index (χ1n) is 7.38. The Morgan fingerprint density at radius 3 is 2.65 bits per heavy atom. The van der Waals surface area contributed by atoms with E-state index in [9.17, 15) is 18.8 Å². The minimum absolute atomic E-state index is 0.0607. The van der Waals surface area contributed by atoms with Crippen molar-refractivity contribution in [1.82, 2.24) is 4.90 Å². The summed E-state index contributed by atoms with van der Waals surface area (Å²) in [6.07, 6.45) is 1.43. The van der Waals surface area contributed by atoms with Crippen LogP contribution in [0.2, 0.25) is 5.02 Å². The molecule has 2 aromatic rings. The lowest BCUT2D eigenvalue weighted by Crippen LogP contribution is -2.28. The summed E-state index contributed by atoms with van der Waals surface area (Å²) in [5.74, 6) is -2.28. The van der Waals surface area contributed by atoms with E-state index in [0.29, 0.717) is 17.3 Å². The summed E-state index contributed by atoms with van der Waals surface area (Å²) in [6, 6.07) is 10.1. The molecule has 0 saturated carbocycles. The van der Waals surface area contributed by atoms with Crippen LogP contribution in [0.4, 0.5) is 9.18 Å². The van der Waals surface area contributed by atoms with E-state index in [4.69, 9.17) is 16.7 Å². The Balaban J connectivity index is 1.87. The number of carbonyl (C=O) groups excluding carboxylic acids is 2. The zero-order valence-corrected chi connectivity index (χ0v) is 14.7. The van der Waals surface area contributed by atoms with Gasteiger partial charge in [0.05, 0.1) is 17.0 Å². The smallest absolute Gasteiger partial charge is 0.335 e. The van der Waals surface area contributed by atoms with Crippen molar-refractivity contribution in [2.24, 2.45) is 0 Å². The van der Waals surface area contributed by atoms with Gasteiger partial charge in [-0.3, -0.25) is 14.5 Å². The number of hydrogen-bond donors (Lipinski definition) is 1. The third-order valence-electron chi connectivity index (χ3n) is 3.68. The van der Waals surface area contributed by atoms with Crippen LogP contribution in [0.1, 0.15) is 21.5 Å². The van der Waals surface area contributed by atoms with Crippen LogP contribution in [-0.2, 0) is 11.3 Å². The van der Waals surface area contributed by atoms with Gasteiger partial charge in [-0.25, -0.2) is 9.18 Å². The van der Waals surface area contributed by atoms with Crippen molar-refractivity contribution >= 4 is 46.6 Å². The molecule has 3 rings (SSSR count). The number of benzene rings is 2. The molecule has 0 aromatic heterocycles. The average molecular weight is 392 g/mol. The summed E-state index contributed by atoms with van der Waals surface area (Å²) < 4.78 is 13.9. The van der Waals surface area contributed by atoms with Gasteiger partial charge in [-0.2, -0.15) is 0 Å². The second-order valence-corrected chi connectivity index (χ2v) is 6.80. The quantitative estimate of drug-likeness (QED) is 0.781. The lowest BCUT2D eigenvalue weighted by Gasteiger charge is -2.14. The number of hydrogen-bond acceptors (Lipinski definition) is 4. The lowest BCUT2D eigenvalue weighted by atomic mass is 10.1. The maximum atomic E-state index is 13.9. The minimum atomic E-state index is -1.09. The molecule has 1 saturated heterocycles. The van der Waals surface area contributed by atoms with Crippen LogP contribution in [0.15, 0.2) is 47.4 Å². The fraction of sp³-hybridized carbons (Fsp3) is 0.0556. The van der Waals surface area contributed by atoms with Crippen molar-refractivity contribution in [3.63, 3.8) is 0 Å².